The maximum atomic E-state index is 12.9. The molecule has 0 spiro atoms. The van der Waals surface area contributed by atoms with Crippen LogP contribution in [0.15, 0.2) is 4.52 Å². The summed E-state index contributed by atoms with van der Waals surface area (Å²) in [5, 5.41) is 3.97. The number of hydrogen-bond acceptors (Lipinski definition) is 5. The maximum absolute atomic E-state index is 12.9. The van der Waals surface area contributed by atoms with E-state index >= 15 is 0 Å². The third-order valence-corrected chi connectivity index (χ3v) is 5.05. The average molecular weight is 308 g/mol. The van der Waals surface area contributed by atoms with Crippen LogP contribution in [0.5, 0.6) is 0 Å². The highest BCUT2D eigenvalue weighted by Gasteiger charge is 2.38. The SMILES string of the molecule is CCC(CC)(CN)C(=O)N1CCCC(Cc2noc(C)n2)C1. The van der Waals surface area contributed by atoms with Crippen molar-refractivity contribution < 1.29 is 9.32 Å². The predicted octanol–water partition coefficient (Wildman–Crippen LogP) is 1.92. The highest BCUT2D eigenvalue weighted by atomic mass is 16.5. The number of hydrogen-bond donors (Lipinski definition) is 1. The molecule has 124 valence electrons. The number of nitrogens with zero attached hydrogens (tertiary/aromatic N) is 3. The molecule has 1 unspecified atom stereocenters. The molecule has 6 heteroatoms. The van der Waals surface area contributed by atoms with Crippen molar-refractivity contribution in [2.24, 2.45) is 17.1 Å². The number of rotatable bonds is 6. The number of carbonyl (C=O) groups is 1. The van der Waals surface area contributed by atoms with Crippen LogP contribution in [0, 0.1) is 18.3 Å². The lowest BCUT2D eigenvalue weighted by Gasteiger charge is -2.39. The fraction of sp³-hybridized carbons (Fsp3) is 0.812. The largest absolute Gasteiger partial charge is 0.342 e. The summed E-state index contributed by atoms with van der Waals surface area (Å²) in [6.45, 7) is 7.93. The second-order valence-corrected chi connectivity index (χ2v) is 6.38. The third-order valence-electron chi connectivity index (χ3n) is 5.05. The fourth-order valence-electron chi connectivity index (χ4n) is 3.36. The summed E-state index contributed by atoms with van der Waals surface area (Å²) < 4.78 is 5.03. The van der Waals surface area contributed by atoms with Crippen LogP contribution in [0.25, 0.3) is 0 Å². The number of carbonyl (C=O) groups excluding carboxylic acids is 1. The van der Waals surface area contributed by atoms with Crippen LogP contribution >= 0.6 is 0 Å². The molecule has 1 aromatic heterocycles. The molecule has 1 saturated heterocycles. The highest BCUT2D eigenvalue weighted by Crippen LogP contribution is 2.30. The number of nitrogens with two attached hydrogens (primary N) is 1. The van der Waals surface area contributed by atoms with Crippen LogP contribution in [0.1, 0.15) is 51.2 Å². The molecule has 1 aromatic rings. The van der Waals surface area contributed by atoms with Gasteiger partial charge in [0.1, 0.15) is 0 Å². The molecule has 1 aliphatic rings. The van der Waals surface area contributed by atoms with Crippen LogP contribution in [0.2, 0.25) is 0 Å². The molecule has 1 amide bonds. The van der Waals surface area contributed by atoms with Gasteiger partial charge in [-0.05, 0) is 31.6 Å². The van der Waals surface area contributed by atoms with Gasteiger partial charge in [-0.3, -0.25) is 4.79 Å². The topological polar surface area (TPSA) is 85.3 Å². The summed E-state index contributed by atoms with van der Waals surface area (Å²) in [7, 11) is 0. The molecule has 2 N–H and O–H groups in total. The predicted molar refractivity (Wildman–Crippen MR) is 84.1 cm³/mol. The standard InChI is InChI=1S/C16H28N4O2/c1-4-16(5-2,11-17)15(21)20-8-6-7-13(10-20)9-14-18-12(3)22-19-14/h13H,4-11,17H2,1-3H3. The summed E-state index contributed by atoms with van der Waals surface area (Å²) >= 11 is 0. The second kappa shape index (κ2) is 7.22. The van der Waals surface area contributed by atoms with Crippen molar-refractivity contribution in [3.63, 3.8) is 0 Å². The first-order valence-corrected chi connectivity index (χ1v) is 8.33. The van der Waals surface area contributed by atoms with Gasteiger partial charge >= 0.3 is 0 Å². The molecule has 2 rings (SSSR count). The maximum Gasteiger partial charge on any atom is 0.230 e. The first kappa shape index (κ1) is 16.9. The first-order chi connectivity index (χ1) is 10.5. The van der Waals surface area contributed by atoms with Gasteiger partial charge in [-0.2, -0.15) is 4.98 Å². The third kappa shape index (κ3) is 3.48. The Hall–Kier alpha value is -1.43. The molecule has 0 radical (unpaired) electrons. The van der Waals surface area contributed by atoms with Crippen molar-refractivity contribution in [2.45, 2.75) is 52.9 Å². The summed E-state index contributed by atoms with van der Waals surface area (Å²) in [4.78, 5) is 19.2. The molecule has 22 heavy (non-hydrogen) atoms. The Bertz CT molecular complexity index is 488. The van der Waals surface area contributed by atoms with E-state index in [-0.39, 0.29) is 5.91 Å². The normalized spacial score (nSPS) is 19.5. The average Bonchev–Trinajstić information content (AvgIpc) is 2.94. The summed E-state index contributed by atoms with van der Waals surface area (Å²) in [6, 6.07) is 0. The van der Waals surface area contributed by atoms with Gasteiger partial charge in [-0.15, -0.1) is 0 Å². The molecule has 0 aromatic carbocycles. The summed E-state index contributed by atoms with van der Waals surface area (Å²) in [6.07, 6.45) is 4.50. The van der Waals surface area contributed by atoms with E-state index in [0.29, 0.717) is 18.4 Å². The Morgan fingerprint density at radius 3 is 2.73 bits per heavy atom. The van der Waals surface area contributed by atoms with Crippen LogP contribution in [0.3, 0.4) is 0 Å². The van der Waals surface area contributed by atoms with Crippen molar-refractivity contribution in [1.29, 1.82) is 0 Å². The summed E-state index contributed by atoms with van der Waals surface area (Å²) in [5.74, 6) is 1.96. The van der Waals surface area contributed by atoms with E-state index in [2.05, 4.69) is 24.0 Å². The fourth-order valence-corrected chi connectivity index (χ4v) is 3.36. The molecule has 0 saturated carbocycles. The van der Waals surface area contributed by atoms with Gasteiger partial charge < -0.3 is 15.2 Å². The van der Waals surface area contributed by atoms with Gasteiger partial charge in [-0.25, -0.2) is 0 Å². The molecule has 0 bridgehead atoms. The van der Waals surface area contributed by atoms with Crippen LogP contribution in [-0.4, -0.2) is 40.6 Å². The molecule has 1 fully saturated rings. The van der Waals surface area contributed by atoms with Crippen molar-refractivity contribution >= 4 is 5.91 Å². The number of aromatic nitrogens is 2. The van der Waals surface area contributed by atoms with E-state index in [1.165, 1.54) is 0 Å². The summed E-state index contributed by atoms with van der Waals surface area (Å²) in [5.41, 5.74) is 5.52. The molecular formula is C16H28N4O2. The van der Waals surface area contributed by atoms with Gasteiger partial charge in [0.15, 0.2) is 5.82 Å². The van der Waals surface area contributed by atoms with Gasteiger partial charge in [0.25, 0.3) is 0 Å². The van der Waals surface area contributed by atoms with Crippen LogP contribution in [0.4, 0.5) is 0 Å². The first-order valence-electron chi connectivity index (χ1n) is 8.33. The minimum Gasteiger partial charge on any atom is -0.342 e. The van der Waals surface area contributed by atoms with E-state index in [0.717, 1.165) is 51.0 Å². The van der Waals surface area contributed by atoms with Crippen molar-refractivity contribution in [2.75, 3.05) is 19.6 Å². The minimum atomic E-state index is -0.398. The number of piperidine rings is 1. The highest BCUT2D eigenvalue weighted by molar-refractivity contribution is 5.83. The smallest absolute Gasteiger partial charge is 0.230 e. The Morgan fingerprint density at radius 2 is 2.18 bits per heavy atom. The lowest BCUT2D eigenvalue weighted by Crippen LogP contribution is -2.51. The quantitative estimate of drug-likeness (QED) is 0.868. The van der Waals surface area contributed by atoms with Crippen molar-refractivity contribution in [1.82, 2.24) is 15.0 Å². The minimum absolute atomic E-state index is 0.217. The van der Waals surface area contributed by atoms with Gasteiger partial charge in [0, 0.05) is 33.0 Å². The van der Waals surface area contributed by atoms with Crippen LogP contribution in [-0.2, 0) is 11.2 Å². The van der Waals surface area contributed by atoms with E-state index in [1.807, 2.05) is 4.90 Å². The Balaban J connectivity index is 2.02. The number of aryl methyl sites for hydroxylation is 1. The molecule has 2 heterocycles. The number of likely N-dealkylation sites (tertiary alicyclic amines) is 1. The van der Waals surface area contributed by atoms with Crippen LogP contribution < -0.4 is 5.73 Å². The zero-order valence-corrected chi connectivity index (χ0v) is 14.0. The Morgan fingerprint density at radius 1 is 1.45 bits per heavy atom. The molecule has 1 atom stereocenters. The number of amides is 1. The van der Waals surface area contributed by atoms with E-state index < -0.39 is 5.41 Å². The second-order valence-electron chi connectivity index (χ2n) is 6.38. The van der Waals surface area contributed by atoms with Crippen molar-refractivity contribution in [3.05, 3.63) is 11.7 Å². The molecule has 1 aliphatic heterocycles. The van der Waals surface area contributed by atoms with Crippen molar-refractivity contribution in [3.8, 4) is 0 Å². The van der Waals surface area contributed by atoms with Gasteiger partial charge in [0.2, 0.25) is 11.8 Å². The van der Waals surface area contributed by atoms with Gasteiger partial charge in [-0.1, -0.05) is 19.0 Å². The Labute approximate surface area is 132 Å². The van der Waals surface area contributed by atoms with E-state index in [4.69, 9.17) is 10.3 Å². The Kier molecular flexibility index (Phi) is 5.56. The lowest BCUT2D eigenvalue weighted by atomic mass is 9.80. The van der Waals surface area contributed by atoms with Gasteiger partial charge in [0.05, 0.1) is 5.41 Å². The molecule has 0 aliphatic carbocycles. The molecule has 6 nitrogen and oxygen atoms in total. The zero-order valence-electron chi connectivity index (χ0n) is 14.0. The van der Waals surface area contributed by atoms with E-state index in [9.17, 15) is 4.79 Å². The monoisotopic (exact) mass is 308 g/mol. The van der Waals surface area contributed by atoms with E-state index in [1.54, 1.807) is 6.92 Å². The lowest BCUT2D eigenvalue weighted by molar-refractivity contribution is -0.144. The zero-order chi connectivity index (χ0) is 16.2. The molecular weight excluding hydrogens is 280 g/mol.